The Bertz CT molecular complexity index is 602. The molecule has 3 rings (SSSR count). The number of nitrogens with zero attached hydrogens (tertiary/aromatic N) is 1. The van der Waals surface area contributed by atoms with Gasteiger partial charge in [-0.2, -0.15) is 0 Å². The Balaban J connectivity index is 1.94. The van der Waals surface area contributed by atoms with Crippen molar-refractivity contribution in [3.05, 3.63) is 28.2 Å². The summed E-state index contributed by atoms with van der Waals surface area (Å²) < 4.78 is 12.8. The number of hydrogen-bond donors (Lipinski definition) is 1. The first-order valence-corrected chi connectivity index (χ1v) is 7.42. The second-order valence-electron chi connectivity index (χ2n) is 5.72. The molecule has 1 atom stereocenters. The van der Waals surface area contributed by atoms with Crippen LogP contribution in [0.5, 0.6) is 5.75 Å². The summed E-state index contributed by atoms with van der Waals surface area (Å²) in [4.78, 5) is 24.4. The quantitative estimate of drug-likeness (QED) is 0.838. The van der Waals surface area contributed by atoms with E-state index in [0.29, 0.717) is 32.1 Å². The van der Waals surface area contributed by atoms with Gasteiger partial charge in [0.1, 0.15) is 0 Å². The molecule has 3 heterocycles. The van der Waals surface area contributed by atoms with Gasteiger partial charge in [-0.3, -0.25) is 9.59 Å². The minimum absolute atomic E-state index is 0.164. The lowest BCUT2D eigenvalue weighted by Crippen LogP contribution is -2.56. The molecule has 0 radical (unpaired) electrons. The molecule has 6 nitrogen and oxygen atoms in total. The second-order valence-corrected chi connectivity index (χ2v) is 5.72. The lowest BCUT2D eigenvalue weighted by Gasteiger charge is -2.35. The molecule has 2 aliphatic rings. The number of rotatable bonds is 4. The maximum absolute atomic E-state index is 12.4. The fourth-order valence-corrected chi connectivity index (χ4v) is 2.87. The molecule has 0 aromatic carbocycles. The van der Waals surface area contributed by atoms with E-state index in [1.165, 1.54) is 6.07 Å². The minimum atomic E-state index is -0.347. The Morgan fingerprint density at radius 2 is 2.33 bits per heavy atom. The summed E-state index contributed by atoms with van der Waals surface area (Å²) in [7, 11) is 0. The zero-order valence-electron chi connectivity index (χ0n) is 12.2. The molecule has 0 saturated carbocycles. The molecule has 0 aliphatic carbocycles. The number of fused-ring (bicyclic) bond motifs is 1. The summed E-state index contributed by atoms with van der Waals surface area (Å²) in [6.45, 7) is 4.27. The molecule has 6 heteroatoms. The Labute approximate surface area is 123 Å². The molecule has 1 aromatic heterocycles. The molecule has 1 fully saturated rings. The molecular formula is C15H20N2O4. The normalized spacial score (nSPS) is 24.0. The summed E-state index contributed by atoms with van der Waals surface area (Å²) in [6.07, 6.45) is 4.29. The van der Waals surface area contributed by atoms with Crippen molar-refractivity contribution in [2.75, 3.05) is 19.8 Å². The third-order valence-corrected chi connectivity index (χ3v) is 4.05. The molecule has 1 spiro atoms. The Kier molecular flexibility index (Phi) is 3.71. The minimum Gasteiger partial charge on any atom is -0.487 e. The molecule has 114 valence electrons. The third kappa shape index (κ3) is 2.55. The van der Waals surface area contributed by atoms with E-state index in [4.69, 9.17) is 9.47 Å². The average Bonchev–Trinajstić information content (AvgIpc) is 2.89. The highest BCUT2D eigenvalue weighted by Crippen LogP contribution is 2.28. The zero-order valence-corrected chi connectivity index (χ0v) is 12.2. The van der Waals surface area contributed by atoms with Crippen molar-refractivity contribution in [3.8, 4) is 5.75 Å². The number of unbranched alkanes of at least 4 members (excludes halogenated alkanes) is 1. The van der Waals surface area contributed by atoms with Gasteiger partial charge in [-0.1, -0.05) is 13.3 Å². The van der Waals surface area contributed by atoms with Crippen LogP contribution < -0.4 is 15.5 Å². The third-order valence-electron chi connectivity index (χ3n) is 4.05. The highest BCUT2D eigenvalue weighted by Gasteiger charge is 2.42. The Morgan fingerprint density at radius 3 is 3.05 bits per heavy atom. The van der Waals surface area contributed by atoms with Crippen molar-refractivity contribution in [2.24, 2.45) is 0 Å². The van der Waals surface area contributed by atoms with Crippen molar-refractivity contribution in [1.29, 1.82) is 0 Å². The topological polar surface area (TPSA) is 69.6 Å². The van der Waals surface area contributed by atoms with Gasteiger partial charge in [-0.05, 0) is 12.8 Å². The van der Waals surface area contributed by atoms with Gasteiger partial charge in [0.2, 0.25) is 5.43 Å². The summed E-state index contributed by atoms with van der Waals surface area (Å²) in [5.74, 6) is -0.0897. The van der Waals surface area contributed by atoms with Crippen LogP contribution in [0.25, 0.3) is 0 Å². The Morgan fingerprint density at radius 1 is 1.48 bits per heavy atom. The summed E-state index contributed by atoms with van der Waals surface area (Å²) >= 11 is 0. The fraction of sp³-hybridized carbons (Fsp3) is 0.600. The first-order valence-electron chi connectivity index (χ1n) is 7.42. The molecule has 2 aliphatic heterocycles. The van der Waals surface area contributed by atoms with Crippen LogP contribution in [0, 0.1) is 0 Å². The SMILES string of the molecule is CCCCOc1c2n(ccc1=O)CC1(CCOC1)NC2=O. The smallest absolute Gasteiger partial charge is 0.272 e. The molecule has 1 unspecified atom stereocenters. The molecular weight excluding hydrogens is 272 g/mol. The van der Waals surface area contributed by atoms with Crippen molar-refractivity contribution in [3.63, 3.8) is 0 Å². The van der Waals surface area contributed by atoms with Gasteiger partial charge in [0, 0.05) is 25.4 Å². The van der Waals surface area contributed by atoms with E-state index in [-0.39, 0.29) is 22.6 Å². The average molecular weight is 292 g/mol. The lowest BCUT2D eigenvalue weighted by molar-refractivity contribution is 0.0796. The van der Waals surface area contributed by atoms with Gasteiger partial charge < -0.3 is 19.4 Å². The highest BCUT2D eigenvalue weighted by molar-refractivity contribution is 5.96. The number of nitrogens with one attached hydrogen (secondary N) is 1. The van der Waals surface area contributed by atoms with Crippen LogP contribution in [-0.2, 0) is 11.3 Å². The van der Waals surface area contributed by atoms with E-state index in [1.807, 2.05) is 11.5 Å². The van der Waals surface area contributed by atoms with E-state index in [2.05, 4.69) is 5.32 Å². The van der Waals surface area contributed by atoms with Gasteiger partial charge >= 0.3 is 0 Å². The van der Waals surface area contributed by atoms with Crippen LogP contribution in [0.15, 0.2) is 17.1 Å². The largest absolute Gasteiger partial charge is 0.487 e. The molecule has 1 amide bonds. The first-order chi connectivity index (χ1) is 10.2. The number of carbonyl (C=O) groups is 1. The zero-order chi connectivity index (χ0) is 14.9. The van der Waals surface area contributed by atoms with Crippen molar-refractivity contribution >= 4 is 5.91 Å². The van der Waals surface area contributed by atoms with Crippen molar-refractivity contribution in [2.45, 2.75) is 38.3 Å². The predicted molar refractivity (Wildman–Crippen MR) is 76.7 cm³/mol. The summed E-state index contributed by atoms with van der Waals surface area (Å²) in [5.41, 5.74) is -0.262. The molecule has 21 heavy (non-hydrogen) atoms. The fourth-order valence-electron chi connectivity index (χ4n) is 2.87. The first kappa shape index (κ1) is 14.1. The Hall–Kier alpha value is -1.82. The number of ether oxygens (including phenoxy) is 2. The van der Waals surface area contributed by atoms with Crippen LogP contribution >= 0.6 is 0 Å². The van der Waals surface area contributed by atoms with E-state index in [9.17, 15) is 9.59 Å². The lowest BCUT2D eigenvalue weighted by atomic mass is 9.95. The maximum atomic E-state index is 12.4. The van der Waals surface area contributed by atoms with Crippen LogP contribution in [0.3, 0.4) is 0 Å². The standard InChI is InChI=1S/C15H20N2O4/c1-2-3-7-21-13-11(18)4-6-17-9-15(5-8-20-10-15)16-14(19)12(13)17/h4,6H,2-3,5,7-10H2,1H3,(H,16,19). The second kappa shape index (κ2) is 5.52. The predicted octanol–water partition coefficient (Wildman–Crippen LogP) is 0.930. The molecule has 1 aromatic rings. The van der Waals surface area contributed by atoms with E-state index in [1.54, 1.807) is 6.20 Å². The van der Waals surface area contributed by atoms with Crippen LogP contribution in [-0.4, -0.2) is 35.8 Å². The van der Waals surface area contributed by atoms with E-state index < -0.39 is 0 Å². The maximum Gasteiger partial charge on any atom is 0.272 e. The number of carbonyl (C=O) groups excluding carboxylic acids is 1. The van der Waals surface area contributed by atoms with Gasteiger partial charge in [-0.15, -0.1) is 0 Å². The van der Waals surface area contributed by atoms with Crippen LogP contribution in [0.1, 0.15) is 36.7 Å². The molecule has 1 saturated heterocycles. The van der Waals surface area contributed by atoms with Crippen LogP contribution in [0.2, 0.25) is 0 Å². The molecule has 1 N–H and O–H groups in total. The monoisotopic (exact) mass is 292 g/mol. The van der Waals surface area contributed by atoms with Gasteiger partial charge in [-0.25, -0.2) is 0 Å². The van der Waals surface area contributed by atoms with Gasteiger partial charge in [0.25, 0.3) is 5.91 Å². The van der Waals surface area contributed by atoms with E-state index in [0.717, 1.165) is 19.3 Å². The summed E-state index contributed by atoms with van der Waals surface area (Å²) in [6, 6.07) is 1.47. The van der Waals surface area contributed by atoms with Crippen molar-refractivity contribution < 1.29 is 14.3 Å². The van der Waals surface area contributed by atoms with Gasteiger partial charge in [0.05, 0.1) is 18.8 Å². The highest BCUT2D eigenvalue weighted by atomic mass is 16.5. The number of hydrogen-bond acceptors (Lipinski definition) is 4. The van der Waals surface area contributed by atoms with Crippen molar-refractivity contribution in [1.82, 2.24) is 9.88 Å². The molecule has 0 bridgehead atoms. The van der Waals surface area contributed by atoms with Gasteiger partial charge in [0.15, 0.2) is 11.4 Å². The number of aromatic nitrogens is 1. The summed E-state index contributed by atoms with van der Waals surface area (Å²) in [5, 5.41) is 3.00. The number of pyridine rings is 1. The number of amides is 1. The van der Waals surface area contributed by atoms with E-state index >= 15 is 0 Å². The van der Waals surface area contributed by atoms with Crippen LogP contribution in [0.4, 0.5) is 0 Å².